The van der Waals surface area contributed by atoms with Gasteiger partial charge in [-0.25, -0.2) is 4.98 Å². The minimum atomic E-state index is 0.799. The van der Waals surface area contributed by atoms with Crippen molar-refractivity contribution >= 4 is 43.5 Å². The summed E-state index contributed by atoms with van der Waals surface area (Å²) >= 11 is 0. The summed E-state index contributed by atoms with van der Waals surface area (Å²) in [6.45, 7) is 0. The predicted octanol–water partition coefficient (Wildman–Crippen LogP) is 9.40. The minimum Gasteiger partial charge on any atom is -0.316 e. The first-order chi connectivity index (χ1) is 21.8. The molecular formula is C39H25N5. The Labute approximate surface area is 253 Å². The van der Waals surface area contributed by atoms with E-state index in [4.69, 9.17) is 4.98 Å². The number of pyridine rings is 3. The number of rotatable bonds is 4. The van der Waals surface area contributed by atoms with Crippen LogP contribution in [0.3, 0.4) is 0 Å². The highest BCUT2D eigenvalue weighted by Crippen LogP contribution is 2.40. The zero-order valence-electron chi connectivity index (χ0n) is 23.7. The van der Waals surface area contributed by atoms with Crippen LogP contribution in [0, 0.1) is 0 Å². The molecule has 0 fully saturated rings. The molecule has 0 amide bonds. The van der Waals surface area contributed by atoms with E-state index in [1.165, 1.54) is 26.9 Å². The third kappa shape index (κ3) is 3.83. The van der Waals surface area contributed by atoms with Gasteiger partial charge in [0, 0.05) is 40.4 Å². The Balaban J connectivity index is 1.42. The van der Waals surface area contributed by atoms with Crippen molar-refractivity contribution in [3.05, 3.63) is 152 Å². The van der Waals surface area contributed by atoms with E-state index >= 15 is 0 Å². The van der Waals surface area contributed by atoms with Crippen LogP contribution in [0.1, 0.15) is 0 Å². The first-order valence-electron chi connectivity index (χ1n) is 14.7. The molecule has 0 saturated heterocycles. The lowest BCUT2D eigenvalue weighted by Crippen LogP contribution is -2.00. The second-order valence-electron chi connectivity index (χ2n) is 11.0. The van der Waals surface area contributed by atoms with Crippen molar-refractivity contribution in [3.8, 4) is 34.2 Å². The molecular weight excluding hydrogens is 538 g/mol. The van der Waals surface area contributed by atoms with Crippen molar-refractivity contribution in [1.82, 2.24) is 24.1 Å². The van der Waals surface area contributed by atoms with Gasteiger partial charge in [0.25, 0.3) is 0 Å². The Kier molecular flexibility index (Phi) is 5.43. The van der Waals surface area contributed by atoms with Gasteiger partial charge in [-0.05, 0) is 83.6 Å². The molecule has 0 unspecified atom stereocenters. The van der Waals surface area contributed by atoms with Gasteiger partial charge < -0.3 is 9.13 Å². The quantitative estimate of drug-likeness (QED) is 0.214. The monoisotopic (exact) mass is 563 g/mol. The van der Waals surface area contributed by atoms with Crippen molar-refractivity contribution in [2.24, 2.45) is 0 Å². The highest BCUT2D eigenvalue weighted by Gasteiger charge is 2.19. The molecule has 0 aliphatic heterocycles. The zero-order valence-corrected chi connectivity index (χ0v) is 23.7. The van der Waals surface area contributed by atoms with Crippen LogP contribution in [-0.2, 0) is 0 Å². The maximum Gasteiger partial charge on any atom is 0.0915 e. The molecule has 0 saturated carbocycles. The summed E-state index contributed by atoms with van der Waals surface area (Å²) in [6, 6.07) is 46.6. The van der Waals surface area contributed by atoms with Gasteiger partial charge >= 0.3 is 0 Å². The predicted molar refractivity (Wildman–Crippen MR) is 179 cm³/mol. The van der Waals surface area contributed by atoms with Gasteiger partial charge in [0.2, 0.25) is 0 Å². The maximum absolute atomic E-state index is 5.05. The molecule has 0 radical (unpaired) electrons. The van der Waals surface area contributed by atoms with Crippen molar-refractivity contribution in [2.75, 3.05) is 0 Å². The smallest absolute Gasteiger partial charge is 0.0915 e. The van der Waals surface area contributed by atoms with E-state index in [-0.39, 0.29) is 0 Å². The van der Waals surface area contributed by atoms with Crippen molar-refractivity contribution < 1.29 is 0 Å². The summed E-state index contributed by atoms with van der Waals surface area (Å²) < 4.78 is 4.64. The molecule has 44 heavy (non-hydrogen) atoms. The SMILES string of the molecule is c1ccc(-n2ccc3cc4c5c6ccccc6ccc5n(-c5cc(-c6ccccn6)nc(-c6ccccn6)c5)c4cc32)cc1. The molecule has 9 rings (SSSR count). The van der Waals surface area contributed by atoms with Crippen LogP contribution in [0.15, 0.2) is 152 Å². The van der Waals surface area contributed by atoms with Gasteiger partial charge in [0.15, 0.2) is 0 Å². The molecule has 5 heteroatoms. The Bertz CT molecular complexity index is 2420. The van der Waals surface area contributed by atoms with Crippen LogP contribution in [0.5, 0.6) is 0 Å². The first-order valence-corrected chi connectivity index (χ1v) is 14.7. The third-order valence-corrected chi connectivity index (χ3v) is 8.42. The number of para-hydroxylation sites is 1. The van der Waals surface area contributed by atoms with E-state index in [0.29, 0.717) is 0 Å². The Morgan fingerprint density at radius 3 is 1.86 bits per heavy atom. The summed E-state index contributed by atoms with van der Waals surface area (Å²) in [5.41, 5.74) is 8.80. The van der Waals surface area contributed by atoms with Crippen molar-refractivity contribution in [3.63, 3.8) is 0 Å². The molecule has 5 nitrogen and oxygen atoms in total. The lowest BCUT2D eigenvalue weighted by atomic mass is 10.0. The Morgan fingerprint density at radius 1 is 0.432 bits per heavy atom. The summed E-state index contributed by atoms with van der Waals surface area (Å²) in [5.74, 6) is 0. The molecule has 5 aromatic heterocycles. The third-order valence-electron chi connectivity index (χ3n) is 8.42. The highest BCUT2D eigenvalue weighted by molar-refractivity contribution is 6.23. The number of hydrogen-bond donors (Lipinski definition) is 0. The van der Waals surface area contributed by atoms with Crippen LogP contribution in [0.2, 0.25) is 0 Å². The Morgan fingerprint density at radius 2 is 1.14 bits per heavy atom. The topological polar surface area (TPSA) is 48.5 Å². The van der Waals surface area contributed by atoms with E-state index < -0.39 is 0 Å². The van der Waals surface area contributed by atoms with Gasteiger partial charge in [-0.1, -0.05) is 60.7 Å². The summed E-state index contributed by atoms with van der Waals surface area (Å²) in [7, 11) is 0. The number of benzene rings is 4. The zero-order chi connectivity index (χ0) is 29.0. The lowest BCUT2D eigenvalue weighted by Gasteiger charge is -2.13. The molecule has 0 N–H and O–H groups in total. The minimum absolute atomic E-state index is 0.799. The van der Waals surface area contributed by atoms with Crippen LogP contribution >= 0.6 is 0 Å². The number of nitrogens with zero attached hydrogens (tertiary/aromatic N) is 5. The van der Waals surface area contributed by atoms with E-state index in [9.17, 15) is 0 Å². The van der Waals surface area contributed by atoms with Gasteiger partial charge in [-0.15, -0.1) is 0 Å². The molecule has 0 bridgehead atoms. The molecule has 0 aliphatic rings. The van der Waals surface area contributed by atoms with E-state index in [1.807, 2.05) is 48.8 Å². The van der Waals surface area contributed by atoms with Gasteiger partial charge in [-0.3, -0.25) is 9.97 Å². The van der Waals surface area contributed by atoms with Crippen LogP contribution < -0.4 is 0 Å². The fourth-order valence-electron chi connectivity index (χ4n) is 6.44. The van der Waals surface area contributed by atoms with Crippen LogP contribution in [0.4, 0.5) is 0 Å². The Hall–Kier alpha value is -6.07. The molecule has 4 aromatic carbocycles. The second-order valence-corrected chi connectivity index (χ2v) is 11.0. The van der Waals surface area contributed by atoms with Crippen LogP contribution in [-0.4, -0.2) is 24.1 Å². The molecule has 0 atom stereocenters. The van der Waals surface area contributed by atoms with Crippen LogP contribution in [0.25, 0.3) is 77.6 Å². The highest BCUT2D eigenvalue weighted by atomic mass is 15.0. The normalized spacial score (nSPS) is 11.6. The average Bonchev–Trinajstić information content (AvgIpc) is 3.67. The van der Waals surface area contributed by atoms with Crippen molar-refractivity contribution in [2.45, 2.75) is 0 Å². The largest absolute Gasteiger partial charge is 0.316 e. The number of hydrogen-bond acceptors (Lipinski definition) is 3. The summed E-state index contributed by atoms with van der Waals surface area (Å²) in [4.78, 5) is 14.4. The maximum atomic E-state index is 5.05. The van der Waals surface area contributed by atoms with Gasteiger partial charge in [-0.2, -0.15) is 0 Å². The lowest BCUT2D eigenvalue weighted by molar-refractivity contribution is 1.12. The molecule has 0 spiro atoms. The summed E-state index contributed by atoms with van der Waals surface area (Å²) in [5, 5.41) is 6.11. The van der Waals surface area contributed by atoms with E-state index in [2.05, 4.69) is 122 Å². The van der Waals surface area contributed by atoms with E-state index in [1.54, 1.807) is 0 Å². The van der Waals surface area contributed by atoms with Gasteiger partial charge in [0.05, 0.1) is 45.0 Å². The average molecular weight is 564 g/mol. The molecule has 0 aliphatic carbocycles. The number of aromatic nitrogens is 5. The molecule has 5 heterocycles. The number of fused-ring (bicyclic) bond motifs is 6. The standard InChI is InChI=1S/C39H25N5/c1-2-11-28(12-3-1)43-21-18-27-22-31-38(25-37(27)43)44(36-17-16-26-10-4-5-13-30(26)39(31)36)29-23-34(32-14-6-8-19-40-32)42-35(24-29)33-15-7-9-20-41-33/h1-25H. The first kappa shape index (κ1) is 24.5. The van der Waals surface area contributed by atoms with E-state index in [0.717, 1.165) is 50.7 Å². The molecule has 9 aromatic rings. The molecule has 206 valence electrons. The van der Waals surface area contributed by atoms with Crippen molar-refractivity contribution in [1.29, 1.82) is 0 Å². The fraction of sp³-hybridized carbons (Fsp3) is 0. The fourth-order valence-corrected chi connectivity index (χ4v) is 6.44. The second kappa shape index (κ2) is 9.75. The van der Waals surface area contributed by atoms with Gasteiger partial charge in [0.1, 0.15) is 0 Å². The summed E-state index contributed by atoms with van der Waals surface area (Å²) in [6.07, 6.45) is 5.78.